The van der Waals surface area contributed by atoms with Crippen LogP contribution in [0.4, 0.5) is 0 Å². The van der Waals surface area contributed by atoms with Crippen molar-refractivity contribution in [2.45, 2.75) is 0 Å². The van der Waals surface area contributed by atoms with Gasteiger partial charge in [0.15, 0.2) is 16.7 Å². The van der Waals surface area contributed by atoms with Gasteiger partial charge in [0, 0.05) is 16.7 Å². The van der Waals surface area contributed by atoms with E-state index < -0.39 is 0 Å². The second kappa shape index (κ2) is 15.1. The Kier molecular flexibility index (Phi) is 10.3. The first-order chi connectivity index (χ1) is 23.5. The van der Waals surface area contributed by atoms with Crippen molar-refractivity contribution < 1.29 is 69.0 Å². The van der Waals surface area contributed by atoms with Crippen LogP contribution < -0.4 is 15.3 Å². The Balaban J connectivity index is 0.000000126. The maximum atomic E-state index is 11.6. The van der Waals surface area contributed by atoms with Crippen LogP contribution in [0.5, 0.6) is 17.2 Å². The smallest absolute Gasteiger partial charge is 0.872 e. The topological polar surface area (TPSA) is 147 Å². The predicted molar refractivity (Wildman–Crippen MR) is 177 cm³/mol. The Morgan fingerprint density at radius 2 is 0.571 bits per heavy atom. The molecule has 0 saturated carbocycles. The van der Waals surface area contributed by atoms with Crippen molar-refractivity contribution in [1.29, 1.82) is 0 Å². The molecule has 0 N–H and O–H groups in total. The van der Waals surface area contributed by atoms with Crippen molar-refractivity contribution in [2.24, 2.45) is 0 Å². The van der Waals surface area contributed by atoms with Gasteiger partial charge in [0.1, 0.15) is 16.6 Å². The Hall–Kier alpha value is -5.53. The van der Waals surface area contributed by atoms with Crippen LogP contribution in [0.25, 0.3) is 67.7 Å². The Morgan fingerprint density at radius 3 is 0.837 bits per heavy atom. The summed E-state index contributed by atoms with van der Waals surface area (Å²) in [6.07, 6.45) is 0. The summed E-state index contributed by atoms with van der Waals surface area (Å²) in [6, 6.07) is 42.5. The number of hydrogen-bond donors (Lipinski definition) is 0. The quantitative estimate of drug-likeness (QED) is 0.176. The van der Waals surface area contributed by atoms with Crippen molar-refractivity contribution in [3.8, 4) is 51.6 Å². The van der Waals surface area contributed by atoms with Gasteiger partial charge in [-0.25, -0.2) is 15.0 Å². The van der Waals surface area contributed by atoms with E-state index >= 15 is 0 Å². The summed E-state index contributed by atoms with van der Waals surface area (Å²) in [6.45, 7) is 0. The molecule has 0 aliphatic rings. The molecule has 3 heterocycles. The zero-order chi connectivity index (χ0) is 32.9. The molecule has 3 aromatic heterocycles. The summed E-state index contributed by atoms with van der Waals surface area (Å²) >= 11 is 0. The average molecular weight is 781 g/mol. The van der Waals surface area contributed by atoms with Crippen LogP contribution in [-0.2, 0) is 0 Å². The zero-order valence-corrected chi connectivity index (χ0v) is 28.2. The Labute approximate surface area is 312 Å². The number of para-hydroxylation sites is 9. The fourth-order valence-corrected chi connectivity index (χ4v) is 4.89. The van der Waals surface area contributed by atoms with Gasteiger partial charge in [0.2, 0.25) is 17.7 Å². The molecular formula is C39H24N3O6Sm. The van der Waals surface area contributed by atoms with E-state index in [1.807, 2.05) is 72.8 Å². The first kappa shape index (κ1) is 33.4. The molecule has 49 heavy (non-hydrogen) atoms. The fourth-order valence-electron chi connectivity index (χ4n) is 4.89. The van der Waals surface area contributed by atoms with Gasteiger partial charge in [-0.3, -0.25) is 0 Å². The zero-order valence-electron chi connectivity index (χ0n) is 25.6. The molecule has 237 valence electrons. The molecule has 9 aromatic rings. The van der Waals surface area contributed by atoms with Crippen LogP contribution in [0.15, 0.2) is 159 Å². The van der Waals surface area contributed by atoms with Gasteiger partial charge in [0.25, 0.3) is 0 Å². The minimum atomic E-state index is -0.0749. The number of rotatable bonds is 3. The minimum absolute atomic E-state index is 0. The summed E-state index contributed by atoms with van der Waals surface area (Å²) in [5, 5.41) is 34.8. The molecule has 6 aromatic carbocycles. The molecule has 9 rings (SSSR count). The Bertz CT molecular complexity index is 2110. The molecule has 0 atom stereocenters. The van der Waals surface area contributed by atoms with Crippen molar-refractivity contribution in [3.05, 3.63) is 146 Å². The summed E-state index contributed by atoms with van der Waals surface area (Å²) in [5.74, 6) is 0.919. The molecule has 0 spiro atoms. The second-order valence-electron chi connectivity index (χ2n) is 10.4. The van der Waals surface area contributed by atoms with E-state index in [0.717, 1.165) is 16.6 Å². The van der Waals surface area contributed by atoms with Gasteiger partial charge < -0.3 is 28.6 Å². The third-order valence-corrected chi connectivity index (χ3v) is 7.23. The average Bonchev–Trinajstić information content (AvgIpc) is 3.86. The van der Waals surface area contributed by atoms with E-state index in [0.29, 0.717) is 51.1 Å². The third-order valence-electron chi connectivity index (χ3n) is 7.23. The molecule has 0 saturated heterocycles. The molecule has 0 fully saturated rings. The van der Waals surface area contributed by atoms with Crippen LogP contribution in [0.3, 0.4) is 0 Å². The molecular weight excluding hydrogens is 757 g/mol. The van der Waals surface area contributed by atoms with E-state index in [9.17, 15) is 15.3 Å². The van der Waals surface area contributed by atoms with E-state index in [-0.39, 0.29) is 57.6 Å². The Morgan fingerprint density at radius 1 is 0.327 bits per heavy atom. The number of fused-ring (bicyclic) bond motifs is 3. The summed E-state index contributed by atoms with van der Waals surface area (Å²) in [4.78, 5) is 12.8. The SMILES string of the molecule is [O-]c1ccccc1-c1nc2ccccc2o1.[O-]c1ccccc1-c1nc2ccccc2o1.[O-]c1ccccc1-c1nc2ccccc2o1.[Sm+3]. The van der Waals surface area contributed by atoms with E-state index in [2.05, 4.69) is 15.0 Å². The van der Waals surface area contributed by atoms with Gasteiger partial charge >= 0.3 is 40.4 Å². The van der Waals surface area contributed by atoms with Crippen molar-refractivity contribution >= 4 is 33.3 Å². The van der Waals surface area contributed by atoms with Crippen LogP contribution >= 0.6 is 0 Å². The summed E-state index contributed by atoms with van der Waals surface area (Å²) in [7, 11) is 0. The number of hydrogen-bond acceptors (Lipinski definition) is 9. The third kappa shape index (κ3) is 7.47. The molecule has 10 heteroatoms. The van der Waals surface area contributed by atoms with Gasteiger partial charge in [-0.2, -0.15) is 0 Å². The number of oxazole rings is 3. The first-order valence-electron chi connectivity index (χ1n) is 14.9. The van der Waals surface area contributed by atoms with Crippen molar-refractivity contribution in [3.63, 3.8) is 0 Å². The maximum absolute atomic E-state index is 11.6. The molecule has 0 unspecified atom stereocenters. The molecule has 0 amide bonds. The van der Waals surface area contributed by atoms with Gasteiger partial charge in [-0.1, -0.05) is 126 Å². The minimum Gasteiger partial charge on any atom is -0.872 e. The van der Waals surface area contributed by atoms with Crippen molar-refractivity contribution in [1.82, 2.24) is 15.0 Å². The molecule has 0 bridgehead atoms. The normalized spacial score (nSPS) is 10.5. The number of nitrogens with zero attached hydrogens (tertiary/aromatic N) is 3. The van der Waals surface area contributed by atoms with E-state index in [4.69, 9.17) is 13.3 Å². The predicted octanol–water partition coefficient (Wildman–Crippen LogP) is 7.71. The first-order valence-corrected chi connectivity index (χ1v) is 14.9. The fraction of sp³-hybridized carbons (Fsp3) is 0. The maximum Gasteiger partial charge on any atom is 3.00 e. The summed E-state index contributed by atoms with van der Waals surface area (Å²) < 4.78 is 16.6. The molecule has 0 aliphatic carbocycles. The number of aromatic nitrogens is 3. The molecule has 0 aliphatic heterocycles. The van der Waals surface area contributed by atoms with Crippen LogP contribution in [0.2, 0.25) is 0 Å². The molecule has 1 radical (unpaired) electrons. The molecule has 9 nitrogen and oxygen atoms in total. The largest absolute Gasteiger partial charge is 3.00 e. The van der Waals surface area contributed by atoms with Gasteiger partial charge in [-0.15, -0.1) is 0 Å². The van der Waals surface area contributed by atoms with Crippen molar-refractivity contribution in [2.75, 3.05) is 0 Å². The van der Waals surface area contributed by atoms with Crippen LogP contribution in [0.1, 0.15) is 0 Å². The van der Waals surface area contributed by atoms with E-state index in [1.165, 1.54) is 18.2 Å². The van der Waals surface area contributed by atoms with Gasteiger partial charge in [0.05, 0.1) is 0 Å². The van der Waals surface area contributed by atoms with Crippen LogP contribution in [0, 0.1) is 40.4 Å². The van der Waals surface area contributed by atoms with Gasteiger partial charge in [-0.05, 0) is 36.4 Å². The standard InChI is InChI=1S/3C13H9NO2.Sm/c3*15-11-7-3-1-5-9(11)13-14-10-6-2-4-8-12(10)16-13;/h3*1-8,15H;/q;;;+3/p-3. The van der Waals surface area contributed by atoms with Crippen LogP contribution in [-0.4, -0.2) is 15.0 Å². The number of benzene rings is 6. The van der Waals surface area contributed by atoms with E-state index in [1.54, 1.807) is 54.6 Å². The summed E-state index contributed by atoms with van der Waals surface area (Å²) in [5.41, 5.74) is 5.88. The second-order valence-corrected chi connectivity index (χ2v) is 10.4. The monoisotopic (exact) mass is 782 g/mol.